The highest BCUT2D eigenvalue weighted by molar-refractivity contribution is 5.94. The quantitative estimate of drug-likeness (QED) is 0.845. The average Bonchev–Trinajstić information content (AvgIpc) is 2.48. The van der Waals surface area contributed by atoms with Crippen LogP contribution in [0.1, 0.15) is 16.8 Å². The number of amides is 1. The van der Waals surface area contributed by atoms with Gasteiger partial charge in [-0.2, -0.15) is 5.26 Å². The summed E-state index contributed by atoms with van der Waals surface area (Å²) in [6.45, 7) is 3.14. The van der Waals surface area contributed by atoms with Crippen molar-refractivity contribution < 1.29 is 13.6 Å². The zero-order chi connectivity index (χ0) is 14.5. The number of nitrogens with zero attached hydrogens (tertiary/aromatic N) is 3. The van der Waals surface area contributed by atoms with Gasteiger partial charge in [0, 0.05) is 44.7 Å². The van der Waals surface area contributed by atoms with Gasteiger partial charge in [-0.15, -0.1) is 0 Å². The molecule has 1 aromatic carbocycles. The molecule has 0 aromatic heterocycles. The second-order valence-corrected chi connectivity index (χ2v) is 4.67. The highest BCUT2D eigenvalue weighted by Gasteiger charge is 2.22. The molecule has 0 radical (unpaired) electrons. The number of hydrogen-bond acceptors (Lipinski definition) is 3. The van der Waals surface area contributed by atoms with Gasteiger partial charge >= 0.3 is 0 Å². The first-order chi connectivity index (χ1) is 9.61. The van der Waals surface area contributed by atoms with E-state index in [4.69, 9.17) is 5.26 Å². The summed E-state index contributed by atoms with van der Waals surface area (Å²) >= 11 is 0. The van der Waals surface area contributed by atoms with Crippen LogP contribution in [-0.2, 0) is 0 Å². The SMILES string of the molecule is N#CCCN1CCN(C(=O)c2ccc(F)c(F)c2)CC1. The summed E-state index contributed by atoms with van der Waals surface area (Å²) in [4.78, 5) is 15.9. The lowest BCUT2D eigenvalue weighted by molar-refractivity contribution is 0.0639. The van der Waals surface area contributed by atoms with Gasteiger partial charge < -0.3 is 4.90 Å². The van der Waals surface area contributed by atoms with Crippen LogP contribution in [0.15, 0.2) is 18.2 Å². The van der Waals surface area contributed by atoms with Crippen molar-refractivity contribution in [2.24, 2.45) is 0 Å². The van der Waals surface area contributed by atoms with E-state index in [0.29, 0.717) is 39.1 Å². The van der Waals surface area contributed by atoms with E-state index in [9.17, 15) is 13.6 Å². The summed E-state index contributed by atoms with van der Waals surface area (Å²) in [6, 6.07) is 5.28. The van der Waals surface area contributed by atoms with Crippen LogP contribution in [-0.4, -0.2) is 48.4 Å². The first kappa shape index (κ1) is 14.4. The molecule has 106 valence electrons. The van der Waals surface area contributed by atoms with Gasteiger partial charge in [0.05, 0.1) is 6.07 Å². The molecule has 0 aliphatic carbocycles. The summed E-state index contributed by atoms with van der Waals surface area (Å²) in [7, 11) is 0. The van der Waals surface area contributed by atoms with Crippen LogP contribution in [0.2, 0.25) is 0 Å². The highest BCUT2D eigenvalue weighted by atomic mass is 19.2. The molecule has 1 aliphatic rings. The van der Waals surface area contributed by atoms with Gasteiger partial charge in [0.2, 0.25) is 0 Å². The van der Waals surface area contributed by atoms with Crippen molar-refractivity contribution in [2.75, 3.05) is 32.7 Å². The van der Waals surface area contributed by atoms with E-state index in [1.54, 1.807) is 4.90 Å². The Bertz CT molecular complexity index is 534. The van der Waals surface area contributed by atoms with Crippen LogP contribution in [0, 0.1) is 23.0 Å². The Labute approximate surface area is 116 Å². The number of hydrogen-bond donors (Lipinski definition) is 0. The molecule has 6 heteroatoms. The Morgan fingerprint density at radius 1 is 1.20 bits per heavy atom. The van der Waals surface area contributed by atoms with Crippen LogP contribution < -0.4 is 0 Å². The van der Waals surface area contributed by atoms with Crippen LogP contribution in [0.4, 0.5) is 8.78 Å². The summed E-state index contributed by atoms with van der Waals surface area (Å²) < 4.78 is 26.0. The van der Waals surface area contributed by atoms with E-state index in [2.05, 4.69) is 11.0 Å². The minimum absolute atomic E-state index is 0.161. The molecule has 1 fully saturated rings. The van der Waals surface area contributed by atoms with Crippen molar-refractivity contribution in [3.8, 4) is 6.07 Å². The number of carbonyl (C=O) groups excluding carboxylic acids is 1. The lowest BCUT2D eigenvalue weighted by Crippen LogP contribution is -2.48. The fourth-order valence-corrected chi connectivity index (χ4v) is 2.19. The number of rotatable bonds is 3. The summed E-state index contributed by atoms with van der Waals surface area (Å²) in [6.07, 6.45) is 0.469. The van der Waals surface area contributed by atoms with Crippen molar-refractivity contribution in [3.63, 3.8) is 0 Å². The predicted molar refractivity (Wildman–Crippen MR) is 68.9 cm³/mol. The van der Waals surface area contributed by atoms with Crippen LogP contribution in [0.3, 0.4) is 0 Å². The molecule has 20 heavy (non-hydrogen) atoms. The third-order valence-corrected chi connectivity index (χ3v) is 3.37. The summed E-state index contributed by atoms with van der Waals surface area (Å²) in [5.41, 5.74) is 0.161. The van der Waals surface area contributed by atoms with E-state index in [1.165, 1.54) is 6.07 Å². The minimum Gasteiger partial charge on any atom is -0.336 e. The molecule has 1 amide bonds. The molecule has 2 rings (SSSR count). The lowest BCUT2D eigenvalue weighted by Gasteiger charge is -2.34. The van der Waals surface area contributed by atoms with Crippen LogP contribution in [0.25, 0.3) is 0 Å². The van der Waals surface area contributed by atoms with E-state index in [1.807, 2.05) is 0 Å². The molecule has 1 aromatic rings. The zero-order valence-corrected chi connectivity index (χ0v) is 11.0. The van der Waals surface area contributed by atoms with Gasteiger partial charge in [-0.1, -0.05) is 0 Å². The van der Waals surface area contributed by atoms with Gasteiger partial charge in [-0.25, -0.2) is 8.78 Å². The molecule has 1 saturated heterocycles. The van der Waals surface area contributed by atoms with E-state index in [0.717, 1.165) is 12.1 Å². The maximum absolute atomic E-state index is 13.1. The Balaban J connectivity index is 1.94. The molecule has 4 nitrogen and oxygen atoms in total. The van der Waals surface area contributed by atoms with Crippen LogP contribution in [0.5, 0.6) is 0 Å². The monoisotopic (exact) mass is 279 g/mol. The van der Waals surface area contributed by atoms with Gasteiger partial charge in [0.1, 0.15) is 0 Å². The molecule has 0 N–H and O–H groups in total. The van der Waals surface area contributed by atoms with Gasteiger partial charge in [0.25, 0.3) is 5.91 Å². The number of nitriles is 1. The van der Waals surface area contributed by atoms with Gasteiger partial charge in [0.15, 0.2) is 11.6 Å². The fourth-order valence-electron chi connectivity index (χ4n) is 2.19. The van der Waals surface area contributed by atoms with E-state index < -0.39 is 11.6 Å². The molecule has 0 atom stereocenters. The molecule has 1 aliphatic heterocycles. The predicted octanol–water partition coefficient (Wildman–Crippen LogP) is 1.64. The lowest BCUT2D eigenvalue weighted by atomic mass is 10.1. The highest BCUT2D eigenvalue weighted by Crippen LogP contribution is 2.13. The molecule has 0 bridgehead atoms. The second-order valence-electron chi connectivity index (χ2n) is 4.67. The maximum atomic E-state index is 13.1. The summed E-state index contributed by atoms with van der Waals surface area (Å²) in [5, 5.41) is 8.53. The number of piperazine rings is 1. The zero-order valence-electron chi connectivity index (χ0n) is 11.0. The molecular weight excluding hydrogens is 264 g/mol. The van der Waals surface area contributed by atoms with Crippen molar-refractivity contribution >= 4 is 5.91 Å². The topological polar surface area (TPSA) is 47.3 Å². The average molecular weight is 279 g/mol. The molecule has 0 unspecified atom stereocenters. The number of carbonyl (C=O) groups is 1. The Hall–Kier alpha value is -2.00. The largest absolute Gasteiger partial charge is 0.336 e. The van der Waals surface area contributed by atoms with E-state index in [-0.39, 0.29) is 11.5 Å². The first-order valence-corrected chi connectivity index (χ1v) is 6.45. The number of halogens is 2. The number of benzene rings is 1. The Morgan fingerprint density at radius 3 is 2.50 bits per heavy atom. The van der Waals surface area contributed by atoms with Crippen molar-refractivity contribution in [1.29, 1.82) is 5.26 Å². The Kier molecular flexibility index (Phi) is 4.64. The third kappa shape index (κ3) is 3.31. The van der Waals surface area contributed by atoms with Crippen molar-refractivity contribution in [2.45, 2.75) is 6.42 Å². The minimum atomic E-state index is -1.01. The maximum Gasteiger partial charge on any atom is 0.254 e. The third-order valence-electron chi connectivity index (χ3n) is 3.37. The molecule has 0 spiro atoms. The second kappa shape index (κ2) is 6.44. The smallest absolute Gasteiger partial charge is 0.254 e. The van der Waals surface area contributed by atoms with Crippen LogP contribution >= 0.6 is 0 Å². The first-order valence-electron chi connectivity index (χ1n) is 6.45. The van der Waals surface area contributed by atoms with Crippen molar-refractivity contribution in [3.05, 3.63) is 35.4 Å². The molecule has 0 saturated carbocycles. The molecule has 1 heterocycles. The van der Waals surface area contributed by atoms with E-state index >= 15 is 0 Å². The summed E-state index contributed by atoms with van der Waals surface area (Å²) in [5.74, 6) is -2.25. The van der Waals surface area contributed by atoms with Gasteiger partial charge in [-0.05, 0) is 18.2 Å². The van der Waals surface area contributed by atoms with Gasteiger partial charge in [-0.3, -0.25) is 9.69 Å². The molecular formula is C14H15F2N3O. The standard InChI is InChI=1S/C14H15F2N3O/c15-12-3-2-11(10-13(12)16)14(20)19-8-6-18(7-9-19)5-1-4-17/h2-3,10H,1,5-9H2. The fraction of sp³-hybridized carbons (Fsp3) is 0.429. The normalized spacial score (nSPS) is 15.9. The van der Waals surface area contributed by atoms with Crippen molar-refractivity contribution in [1.82, 2.24) is 9.80 Å². The Morgan fingerprint density at radius 2 is 1.90 bits per heavy atom.